The highest BCUT2D eigenvalue weighted by molar-refractivity contribution is 5.78. The van der Waals surface area contributed by atoms with Crippen LogP contribution in [0.3, 0.4) is 0 Å². The quantitative estimate of drug-likeness (QED) is 0.784. The highest BCUT2D eigenvalue weighted by atomic mass is 16.1. The van der Waals surface area contributed by atoms with Gasteiger partial charge in [-0.1, -0.05) is 19.8 Å². The Bertz CT molecular complexity index is 450. The van der Waals surface area contributed by atoms with E-state index in [2.05, 4.69) is 48.7 Å². The summed E-state index contributed by atoms with van der Waals surface area (Å²) in [7, 11) is 0. The summed E-state index contributed by atoms with van der Waals surface area (Å²) in [5.41, 5.74) is 0.0166. The Morgan fingerprint density at radius 3 is 2.33 bits per heavy atom. The van der Waals surface area contributed by atoms with Crippen LogP contribution in [0.4, 0.5) is 0 Å². The van der Waals surface area contributed by atoms with Gasteiger partial charge in [0.25, 0.3) is 0 Å². The second-order valence-corrected chi connectivity index (χ2v) is 8.64. The van der Waals surface area contributed by atoms with Crippen LogP contribution in [0, 0.1) is 30.1 Å². The standard InChI is InChI=1S/C20H35N3O/c1-6-9-22-10-7-18(8-11-22)19(24)21-15-20(4,5)23-13-16(2)12-17(3)14-23/h1,16-18H,7-15H2,2-5H3,(H,21,24)/t16-,17-/m1/s1. The largest absolute Gasteiger partial charge is 0.354 e. The van der Waals surface area contributed by atoms with Gasteiger partial charge in [-0.05, 0) is 58.0 Å². The molecule has 0 saturated carbocycles. The van der Waals surface area contributed by atoms with Gasteiger partial charge in [0.2, 0.25) is 5.91 Å². The molecule has 2 aliphatic rings. The van der Waals surface area contributed by atoms with Crippen molar-refractivity contribution in [2.45, 2.75) is 52.5 Å². The lowest BCUT2D eigenvalue weighted by molar-refractivity contribution is -0.127. The zero-order valence-corrected chi connectivity index (χ0v) is 16.0. The maximum atomic E-state index is 12.5. The minimum atomic E-state index is 0.0166. The van der Waals surface area contributed by atoms with Crippen molar-refractivity contribution in [3.63, 3.8) is 0 Å². The van der Waals surface area contributed by atoms with Crippen molar-refractivity contribution in [2.75, 3.05) is 39.3 Å². The third-order valence-corrected chi connectivity index (χ3v) is 5.69. The normalized spacial score (nSPS) is 27.6. The Kier molecular flexibility index (Phi) is 6.71. The molecular formula is C20H35N3O. The number of hydrogen-bond acceptors (Lipinski definition) is 3. The summed E-state index contributed by atoms with van der Waals surface area (Å²) in [4.78, 5) is 17.3. The van der Waals surface area contributed by atoms with Gasteiger partial charge in [0.05, 0.1) is 6.54 Å². The Morgan fingerprint density at radius 1 is 1.21 bits per heavy atom. The predicted molar refractivity (Wildman–Crippen MR) is 99.6 cm³/mol. The van der Waals surface area contributed by atoms with Crippen molar-refractivity contribution in [1.82, 2.24) is 15.1 Å². The van der Waals surface area contributed by atoms with Crippen molar-refractivity contribution in [3.8, 4) is 12.3 Å². The van der Waals surface area contributed by atoms with E-state index in [-0.39, 0.29) is 17.4 Å². The highest BCUT2D eigenvalue weighted by Gasteiger charge is 2.33. The maximum Gasteiger partial charge on any atom is 0.223 e. The van der Waals surface area contributed by atoms with Crippen LogP contribution >= 0.6 is 0 Å². The van der Waals surface area contributed by atoms with Gasteiger partial charge in [0.15, 0.2) is 0 Å². The van der Waals surface area contributed by atoms with Crippen LogP contribution < -0.4 is 5.32 Å². The lowest BCUT2D eigenvalue weighted by atomic mass is 9.87. The second kappa shape index (κ2) is 8.36. The van der Waals surface area contributed by atoms with Crippen LogP contribution in [0.2, 0.25) is 0 Å². The van der Waals surface area contributed by atoms with E-state index < -0.39 is 0 Å². The van der Waals surface area contributed by atoms with E-state index in [4.69, 9.17) is 6.42 Å². The number of nitrogens with one attached hydrogen (secondary N) is 1. The fraction of sp³-hybridized carbons (Fsp3) is 0.850. The van der Waals surface area contributed by atoms with E-state index >= 15 is 0 Å². The molecule has 0 aromatic heterocycles. The first kappa shape index (κ1) is 19.3. The summed E-state index contributed by atoms with van der Waals surface area (Å²) in [6, 6.07) is 0. The Hall–Kier alpha value is -1.05. The third-order valence-electron chi connectivity index (χ3n) is 5.69. The van der Waals surface area contributed by atoms with Crippen LogP contribution in [0.5, 0.6) is 0 Å². The third kappa shape index (κ3) is 5.22. The number of piperidine rings is 2. The minimum Gasteiger partial charge on any atom is -0.354 e. The van der Waals surface area contributed by atoms with E-state index in [9.17, 15) is 4.79 Å². The maximum absolute atomic E-state index is 12.5. The Morgan fingerprint density at radius 2 is 1.79 bits per heavy atom. The van der Waals surface area contributed by atoms with Crippen LogP contribution in [0.1, 0.15) is 47.0 Å². The van der Waals surface area contributed by atoms with Crippen LogP contribution in [-0.4, -0.2) is 60.5 Å². The summed E-state index contributed by atoms with van der Waals surface area (Å²) in [6.07, 6.45) is 8.52. The molecule has 1 N–H and O–H groups in total. The van der Waals surface area contributed by atoms with E-state index in [1.54, 1.807) is 0 Å². The molecule has 2 aliphatic heterocycles. The van der Waals surface area contributed by atoms with Crippen molar-refractivity contribution < 1.29 is 4.79 Å². The van der Waals surface area contributed by atoms with Crippen molar-refractivity contribution >= 4 is 5.91 Å². The smallest absolute Gasteiger partial charge is 0.223 e. The molecule has 0 aliphatic carbocycles. The molecule has 1 amide bonds. The molecule has 24 heavy (non-hydrogen) atoms. The number of carbonyl (C=O) groups excluding carboxylic acids is 1. The topological polar surface area (TPSA) is 35.6 Å². The first-order valence-electron chi connectivity index (χ1n) is 9.50. The minimum absolute atomic E-state index is 0.0166. The molecule has 2 heterocycles. The molecule has 136 valence electrons. The average molecular weight is 334 g/mol. The summed E-state index contributed by atoms with van der Waals surface area (Å²) in [6.45, 7) is 14.8. The highest BCUT2D eigenvalue weighted by Crippen LogP contribution is 2.27. The van der Waals surface area contributed by atoms with E-state index in [1.165, 1.54) is 6.42 Å². The molecule has 2 rings (SSSR count). The van der Waals surface area contributed by atoms with Gasteiger partial charge in [-0.25, -0.2) is 0 Å². The molecule has 0 aromatic carbocycles. The summed E-state index contributed by atoms with van der Waals surface area (Å²) in [5.74, 6) is 4.54. The average Bonchev–Trinajstić information content (AvgIpc) is 2.53. The molecule has 2 atom stereocenters. The SMILES string of the molecule is C#CCN1CCC(C(=O)NCC(C)(C)N2C[C@H](C)C[C@@H](C)C2)CC1. The summed E-state index contributed by atoms with van der Waals surface area (Å²) < 4.78 is 0. The van der Waals surface area contributed by atoms with Crippen LogP contribution in [0.15, 0.2) is 0 Å². The van der Waals surface area contributed by atoms with Gasteiger partial charge in [0, 0.05) is 31.1 Å². The molecule has 0 radical (unpaired) electrons. The first-order chi connectivity index (χ1) is 11.3. The molecule has 0 spiro atoms. The van der Waals surface area contributed by atoms with Crippen molar-refractivity contribution in [2.24, 2.45) is 17.8 Å². The molecular weight excluding hydrogens is 298 g/mol. The number of terminal acetylenes is 1. The van der Waals surface area contributed by atoms with E-state index in [0.717, 1.165) is 57.4 Å². The fourth-order valence-electron chi connectivity index (χ4n) is 4.20. The number of hydrogen-bond donors (Lipinski definition) is 1. The Labute approximate surface area is 148 Å². The van der Waals surface area contributed by atoms with Gasteiger partial charge >= 0.3 is 0 Å². The molecule has 0 aromatic rings. The number of carbonyl (C=O) groups is 1. The van der Waals surface area contributed by atoms with Gasteiger partial charge < -0.3 is 5.32 Å². The predicted octanol–water partition coefficient (Wildman–Crippen LogP) is 2.20. The van der Waals surface area contributed by atoms with Gasteiger partial charge in [-0.2, -0.15) is 0 Å². The lowest BCUT2D eigenvalue weighted by Crippen LogP contribution is -2.56. The van der Waals surface area contributed by atoms with Gasteiger partial charge in [-0.15, -0.1) is 6.42 Å². The van der Waals surface area contributed by atoms with Gasteiger partial charge in [-0.3, -0.25) is 14.6 Å². The van der Waals surface area contributed by atoms with E-state index in [0.29, 0.717) is 6.54 Å². The molecule has 2 saturated heterocycles. The van der Waals surface area contributed by atoms with Gasteiger partial charge in [0.1, 0.15) is 0 Å². The lowest BCUT2D eigenvalue weighted by Gasteiger charge is -2.45. The first-order valence-corrected chi connectivity index (χ1v) is 9.50. The fourth-order valence-corrected chi connectivity index (χ4v) is 4.20. The van der Waals surface area contributed by atoms with Crippen molar-refractivity contribution in [3.05, 3.63) is 0 Å². The van der Waals surface area contributed by atoms with E-state index in [1.807, 2.05) is 0 Å². The van der Waals surface area contributed by atoms with Crippen LogP contribution in [0.25, 0.3) is 0 Å². The zero-order chi connectivity index (χ0) is 17.7. The molecule has 0 bridgehead atoms. The number of rotatable bonds is 5. The zero-order valence-electron chi connectivity index (χ0n) is 16.0. The molecule has 0 unspecified atom stereocenters. The molecule has 4 heteroatoms. The summed E-state index contributed by atoms with van der Waals surface area (Å²) in [5, 5.41) is 3.23. The monoisotopic (exact) mass is 333 g/mol. The molecule has 4 nitrogen and oxygen atoms in total. The number of likely N-dealkylation sites (tertiary alicyclic amines) is 2. The second-order valence-electron chi connectivity index (χ2n) is 8.64. The summed E-state index contributed by atoms with van der Waals surface area (Å²) >= 11 is 0. The number of amides is 1. The molecule has 2 fully saturated rings. The number of nitrogens with zero attached hydrogens (tertiary/aromatic N) is 2. The van der Waals surface area contributed by atoms with Crippen LogP contribution in [-0.2, 0) is 4.79 Å². The van der Waals surface area contributed by atoms with Crippen molar-refractivity contribution in [1.29, 1.82) is 0 Å². The Balaban J connectivity index is 1.79.